The van der Waals surface area contributed by atoms with E-state index in [1.165, 1.54) is 0 Å². The third-order valence-electron chi connectivity index (χ3n) is 2.12. The number of nitrogens with zero attached hydrogens (tertiary/aromatic N) is 1. The molecule has 0 aliphatic rings. The van der Waals surface area contributed by atoms with Crippen molar-refractivity contribution in [3.05, 3.63) is 40.5 Å². The molecule has 92 valence electrons. The van der Waals surface area contributed by atoms with Gasteiger partial charge in [-0.1, -0.05) is 18.2 Å². The second-order valence-corrected chi connectivity index (χ2v) is 3.32. The van der Waals surface area contributed by atoms with Crippen LogP contribution >= 0.6 is 0 Å². The van der Waals surface area contributed by atoms with Crippen LogP contribution in [0.2, 0.25) is 0 Å². The van der Waals surface area contributed by atoms with E-state index < -0.39 is 4.92 Å². The highest BCUT2D eigenvalue weighted by molar-refractivity contribution is 5.68. The lowest BCUT2D eigenvalue weighted by Gasteiger charge is -2.08. The number of hydrogen-bond acceptors (Lipinski definition) is 4. The SMILES string of the molecule is C/C=C/COc1cccc(NCC)c1[N+](=O)[O-]. The Balaban J connectivity index is 3.02. The summed E-state index contributed by atoms with van der Waals surface area (Å²) < 4.78 is 5.36. The summed E-state index contributed by atoms with van der Waals surface area (Å²) in [5, 5.41) is 14.0. The molecule has 0 radical (unpaired) electrons. The van der Waals surface area contributed by atoms with Crippen LogP contribution in [0.4, 0.5) is 11.4 Å². The van der Waals surface area contributed by atoms with Gasteiger partial charge in [0.15, 0.2) is 5.75 Å². The normalized spacial score (nSPS) is 10.5. The number of benzene rings is 1. The Bertz CT molecular complexity index is 416. The Labute approximate surface area is 100 Å². The minimum Gasteiger partial charge on any atom is -0.483 e. The number of nitro benzene ring substituents is 1. The van der Waals surface area contributed by atoms with Crippen LogP contribution in [-0.4, -0.2) is 18.1 Å². The summed E-state index contributed by atoms with van der Waals surface area (Å²) in [4.78, 5) is 10.6. The molecule has 0 aliphatic heterocycles. The molecule has 1 rings (SSSR count). The standard InChI is InChI=1S/C12H16N2O3/c1-3-5-9-17-11-8-6-7-10(13-4-2)12(11)14(15)16/h3,5-8,13H,4,9H2,1-2H3/b5-3+. The topological polar surface area (TPSA) is 64.4 Å². The van der Waals surface area contributed by atoms with E-state index in [-0.39, 0.29) is 11.4 Å². The Morgan fingerprint density at radius 2 is 2.29 bits per heavy atom. The molecule has 0 saturated heterocycles. The Hall–Kier alpha value is -2.04. The first-order valence-corrected chi connectivity index (χ1v) is 5.46. The second-order valence-electron chi connectivity index (χ2n) is 3.32. The number of rotatable bonds is 6. The van der Waals surface area contributed by atoms with E-state index in [1.807, 2.05) is 19.9 Å². The van der Waals surface area contributed by atoms with Crippen molar-refractivity contribution < 1.29 is 9.66 Å². The van der Waals surface area contributed by atoms with Crippen LogP contribution in [0.5, 0.6) is 5.75 Å². The Kier molecular flexibility index (Phi) is 5.00. The first-order valence-electron chi connectivity index (χ1n) is 5.46. The van der Waals surface area contributed by atoms with Crippen LogP contribution < -0.4 is 10.1 Å². The van der Waals surface area contributed by atoms with E-state index in [0.717, 1.165) is 0 Å². The Morgan fingerprint density at radius 3 is 2.88 bits per heavy atom. The molecule has 5 heteroatoms. The first kappa shape index (κ1) is 13.0. The van der Waals surface area contributed by atoms with Gasteiger partial charge >= 0.3 is 5.69 Å². The average Bonchev–Trinajstić information content (AvgIpc) is 2.29. The molecule has 0 amide bonds. The van der Waals surface area contributed by atoms with Gasteiger partial charge in [0.1, 0.15) is 12.3 Å². The Morgan fingerprint density at radius 1 is 1.53 bits per heavy atom. The van der Waals surface area contributed by atoms with Gasteiger partial charge < -0.3 is 10.1 Å². The molecule has 0 unspecified atom stereocenters. The van der Waals surface area contributed by atoms with Crippen molar-refractivity contribution in [1.29, 1.82) is 0 Å². The molecule has 0 bridgehead atoms. The molecule has 0 fully saturated rings. The van der Waals surface area contributed by atoms with Gasteiger partial charge in [0.2, 0.25) is 0 Å². The lowest BCUT2D eigenvalue weighted by molar-refractivity contribution is -0.384. The highest BCUT2D eigenvalue weighted by Gasteiger charge is 2.20. The zero-order valence-electron chi connectivity index (χ0n) is 9.97. The largest absolute Gasteiger partial charge is 0.483 e. The minimum atomic E-state index is -0.428. The van der Waals surface area contributed by atoms with Gasteiger partial charge in [0, 0.05) is 6.54 Å². The molecule has 0 aliphatic carbocycles. The number of nitrogens with one attached hydrogen (secondary N) is 1. The van der Waals surface area contributed by atoms with Crippen LogP contribution in [0, 0.1) is 10.1 Å². The molecular formula is C12H16N2O3. The fraction of sp³-hybridized carbons (Fsp3) is 0.333. The van der Waals surface area contributed by atoms with Crippen molar-refractivity contribution >= 4 is 11.4 Å². The highest BCUT2D eigenvalue weighted by atomic mass is 16.6. The predicted molar refractivity (Wildman–Crippen MR) is 67.6 cm³/mol. The number of hydrogen-bond donors (Lipinski definition) is 1. The van der Waals surface area contributed by atoms with Gasteiger partial charge in [0.25, 0.3) is 0 Å². The lowest BCUT2D eigenvalue weighted by Crippen LogP contribution is -2.04. The van der Waals surface area contributed by atoms with Gasteiger partial charge in [-0.05, 0) is 26.0 Å². The summed E-state index contributed by atoms with van der Waals surface area (Å²) in [6, 6.07) is 5.00. The molecule has 1 aromatic carbocycles. The van der Waals surface area contributed by atoms with Gasteiger partial charge in [-0.2, -0.15) is 0 Å². The van der Waals surface area contributed by atoms with Crippen LogP contribution in [0.1, 0.15) is 13.8 Å². The van der Waals surface area contributed by atoms with E-state index in [2.05, 4.69) is 5.32 Å². The van der Waals surface area contributed by atoms with E-state index in [9.17, 15) is 10.1 Å². The maximum Gasteiger partial charge on any atom is 0.333 e. The first-order chi connectivity index (χ1) is 8.20. The lowest BCUT2D eigenvalue weighted by atomic mass is 10.2. The van der Waals surface area contributed by atoms with Crippen molar-refractivity contribution in [2.45, 2.75) is 13.8 Å². The van der Waals surface area contributed by atoms with E-state index >= 15 is 0 Å². The fourth-order valence-corrected chi connectivity index (χ4v) is 1.39. The zero-order valence-corrected chi connectivity index (χ0v) is 9.97. The molecule has 17 heavy (non-hydrogen) atoms. The van der Waals surface area contributed by atoms with Crippen LogP contribution in [0.3, 0.4) is 0 Å². The molecule has 1 N–H and O–H groups in total. The zero-order chi connectivity index (χ0) is 12.7. The van der Waals surface area contributed by atoms with Crippen LogP contribution in [0.25, 0.3) is 0 Å². The van der Waals surface area contributed by atoms with Gasteiger partial charge in [0.05, 0.1) is 4.92 Å². The minimum absolute atomic E-state index is 0.0150. The molecule has 1 aromatic rings. The van der Waals surface area contributed by atoms with Crippen molar-refractivity contribution in [3.63, 3.8) is 0 Å². The fourth-order valence-electron chi connectivity index (χ4n) is 1.39. The summed E-state index contributed by atoms with van der Waals surface area (Å²) in [6.45, 7) is 4.70. The molecule has 0 heterocycles. The number of para-hydroxylation sites is 1. The summed E-state index contributed by atoms with van der Waals surface area (Å²) >= 11 is 0. The molecule has 0 spiro atoms. The monoisotopic (exact) mass is 236 g/mol. The van der Waals surface area contributed by atoms with Crippen molar-refractivity contribution in [2.75, 3.05) is 18.5 Å². The van der Waals surface area contributed by atoms with E-state index in [1.54, 1.807) is 24.3 Å². The second kappa shape index (κ2) is 6.52. The van der Waals surface area contributed by atoms with Crippen molar-refractivity contribution in [1.82, 2.24) is 0 Å². The molecule has 0 saturated carbocycles. The average molecular weight is 236 g/mol. The third-order valence-corrected chi connectivity index (χ3v) is 2.12. The number of anilines is 1. The molecule has 0 atom stereocenters. The maximum absolute atomic E-state index is 11.0. The number of allylic oxidation sites excluding steroid dienone is 1. The van der Waals surface area contributed by atoms with Crippen molar-refractivity contribution in [2.24, 2.45) is 0 Å². The summed E-state index contributed by atoms with van der Waals surface area (Å²) in [5.74, 6) is 0.284. The smallest absolute Gasteiger partial charge is 0.333 e. The molecular weight excluding hydrogens is 220 g/mol. The summed E-state index contributed by atoms with van der Waals surface area (Å²) in [7, 11) is 0. The maximum atomic E-state index is 11.0. The number of ether oxygens (including phenoxy) is 1. The molecule has 5 nitrogen and oxygen atoms in total. The summed E-state index contributed by atoms with van der Waals surface area (Å²) in [6.07, 6.45) is 3.63. The molecule has 0 aromatic heterocycles. The predicted octanol–water partition coefficient (Wildman–Crippen LogP) is 2.98. The van der Waals surface area contributed by atoms with Gasteiger partial charge in [-0.3, -0.25) is 10.1 Å². The quantitative estimate of drug-likeness (QED) is 0.468. The van der Waals surface area contributed by atoms with Gasteiger partial charge in [-0.15, -0.1) is 0 Å². The summed E-state index contributed by atoms with van der Waals surface area (Å²) in [5.41, 5.74) is 0.467. The number of nitro groups is 1. The van der Waals surface area contributed by atoms with Crippen LogP contribution in [0.15, 0.2) is 30.4 Å². The van der Waals surface area contributed by atoms with Gasteiger partial charge in [-0.25, -0.2) is 0 Å². The highest BCUT2D eigenvalue weighted by Crippen LogP contribution is 2.34. The third kappa shape index (κ3) is 3.48. The van der Waals surface area contributed by atoms with Crippen molar-refractivity contribution in [3.8, 4) is 5.75 Å². The van der Waals surface area contributed by atoms with E-state index in [4.69, 9.17) is 4.74 Å². The van der Waals surface area contributed by atoms with Crippen LogP contribution in [-0.2, 0) is 0 Å². The van der Waals surface area contributed by atoms with E-state index in [0.29, 0.717) is 18.8 Å².